The van der Waals surface area contributed by atoms with Crippen molar-refractivity contribution < 1.29 is 22.7 Å². The van der Waals surface area contributed by atoms with Crippen molar-refractivity contribution in [1.29, 1.82) is 0 Å². The van der Waals surface area contributed by atoms with Crippen molar-refractivity contribution in [3.05, 3.63) is 126 Å². The van der Waals surface area contributed by atoms with E-state index in [4.69, 9.17) is 4.74 Å². The van der Waals surface area contributed by atoms with Crippen LogP contribution in [0.25, 0.3) is 0 Å². The third-order valence-corrected chi connectivity index (χ3v) is 9.16. The molecule has 2 amide bonds. The molecule has 1 unspecified atom stereocenters. The monoisotopic (exact) mass is 613 g/mol. The van der Waals surface area contributed by atoms with E-state index in [1.165, 1.54) is 24.1 Å². The maximum absolute atomic E-state index is 14.5. The molecule has 230 valence electrons. The maximum Gasteiger partial charge on any atom is 0.264 e. The predicted octanol–water partition coefficient (Wildman–Crippen LogP) is 5.37. The van der Waals surface area contributed by atoms with E-state index in [1.54, 1.807) is 42.5 Å². The fourth-order valence-electron chi connectivity index (χ4n) is 4.91. The minimum atomic E-state index is -4.18. The Hall–Kier alpha value is -4.63. The van der Waals surface area contributed by atoms with Crippen molar-refractivity contribution >= 4 is 27.5 Å². The number of carbonyl (C=O) groups is 2. The minimum absolute atomic E-state index is 0.0441. The van der Waals surface area contributed by atoms with Gasteiger partial charge >= 0.3 is 0 Å². The third-order valence-electron chi connectivity index (χ3n) is 7.37. The van der Waals surface area contributed by atoms with Crippen LogP contribution in [0.4, 0.5) is 5.69 Å². The van der Waals surface area contributed by atoms with Crippen LogP contribution in [0.15, 0.2) is 114 Å². The molecule has 8 nitrogen and oxygen atoms in total. The molecule has 0 spiro atoms. The summed E-state index contributed by atoms with van der Waals surface area (Å²) in [5, 5.41) is 2.96. The van der Waals surface area contributed by atoms with Gasteiger partial charge in [0.05, 0.1) is 17.7 Å². The molecule has 0 radical (unpaired) electrons. The van der Waals surface area contributed by atoms with Gasteiger partial charge in [0.25, 0.3) is 10.0 Å². The second-order valence-electron chi connectivity index (χ2n) is 10.5. The summed E-state index contributed by atoms with van der Waals surface area (Å²) < 4.78 is 34.6. The molecule has 0 aliphatic carbocycles. The van der Waals surface area contributed by atoms with Gasteiger partial charge in [-0.15, -0.1) is 0 Å². The number of ether oxygens (including phenoxy) is 1. The number of carbonyl (C=O) groups excluding carboxylic acids is 2. The molecular formula is C35H39N3O5S. The molecule has 0 heterocycles. The second-order valence-corrected chi connectivity index (χ2v) is 12.3. The fourth-order valence-corrected chi connectivity index (χ4v) is 6.33. The number of aryl methyl sites for hydroxylation is 1. The number of hydrogen-bond acceptors (Lipinski definition) is 5. The number of anilines is 1. The molecule has 1 atom stereocenters. The molecule has 4 aromatic rings. The van der Waals surface area contributed by atoms with Gasteiger partial charge in [-0.2, -0.15) is 0 Å². The Balaban J connectivity index is 1.81. The predicted molar refractivity (Wildman–Crippen MR) is 173 cm³/mol. The highest BCUT2D eigenvalue weighted by Crippen LogP contribution is 2.28. The Morgan fingerprint density at radius 3 is 2.18 bits per heavy atom. The van der Waals surface area contributed by atoms with Crippen molar-refractivity contribution in [3.8, 4) is 5.75 Å². The van der Waals surface area contributed by atoms with E-state index in [1.807, 2.05) is 68.4 Å². The standard InChI is InChI=1S/C35H39N3O5S/c1-4-22-36-35(40)33(23-28-15-7-5-8-16-28)37(25-29-17-12-11-14-27(29)2)34(39)26-38(30-18-13-19-31(24-30)43-3)44(41,42)32-20-9-6-10-21-32/h5-21,24,33H,4,22-23,25-26H2,1-3H3,(H,36,40). The molecule has 4 rings (SSSR count). The highest BCUT2D eigenvalue weighted by atomic mass is 32.2. The van der Waals surface area contributed by atoms with Crippen molar-refractivity contribution in [2.75, 3.05) is 24.5 Å². The van der Waals surface area contributed by atoms with Crippen molar-refractivity contribution in [3.63, 3.8) is 0 Å². The third kappa shape index (κ3) is 8.05. The van der Waals surface area contributed by atoms with Crippen LogP contribution < -0.4 is 14.4 Å². The summed E-state index contributed by atoms with van der Waals surface area (Å²) in [5.74, 6) is -0.361. The lowest BCUT2D eigenvalue weighted by atomic mass is 10.0. The van der Waals surface area contributed by atoms with Crippen molar-refractivity contribution in [2.24, 2.45) is 0 Å². The SMILES string of the molecule is CCCNC(=O)C(Cc1ccccc1)N(Cc1ccccc1C)C(=O)CN(c1cccc(OC)c1)S(=O)(=O)c1ccccc1. The maximum atomic E-state index is 14.5. The highest BCUT2D eigenvalue weighted by molar-refractivity contribution is 7.92. The van der Waals surface area contributed by atoms with Gasteiger partial charge in [-0.05, 0) is 54.3 Å². The first-order valence-electron chi connectivity index (χ1n) is 14.6. The molecule has 0 aromatic heterocycles. The largest absolute Gasteiger partial charge is 0.497 e. The van der Waals surface area contributed by atoms with Gasteiger partial charge in [-0.3, -0.25) is 13.9 Å². The summed E-state index contributed by atoms with van der Waals surface area (Å²) in [5.41, 5.74) is 2.97. The van der Waals surface area contributed by atoms with Gasteiger partial charge in [-0.1, -0.05) is 85.8 Å². The Bertz CT molecular complexity index is 1650. The Morgan fingerprint density at radius 1 is 0.864 bits per heavy atom. The molecule has 1 N–H and O–H groups in total. The zero-order valence-corrected chi connectivity index (χ0v) is 26.2. The summed E-state index contributed by atoms with van der Waals surface area (Å²) in [4.78, 5) is 29.8. The number of nitrogens with zero attached hydrogens (tertiary/aromatic N) is 2. The fraction of sp³-hybridized carbons (Fsp3) is 0.257. The van der Waals surface area contributed by atoms with Crippen LogP contribution in [-0.4, -0.2) is 51.4 Å². The summed E-state index contributed by atoms with van der Waals surface area (Å²) >= 11 is 0. The lowest BCUT2D eigenvalue weighted by Crippen LogP contribution is -2.53. The molecule has 0 aliphatic rings. The van der Waals surface area contributed by atoms with Gasteiger partial charge in [0.2, 0.25) is 11.8 Å². The van der Waals surface area contributed by atoms with Crippen LogP contribution in [-0.2, 0) is 32.6 Å². The molecule has 0 saturated heterocycles. The molecule has 4 aromatic carbocycles. The second kappa shape index (κ2) is 15.2. The van der Waals surface area contributed by atoms with Gasteiger partial charge in [-0.25, -0.2) is 8.42 Å². The highest BCUT2D eigenvalue weighted by Gasteiger charge is 2.34. The Labute approximate surface area is 260 Å². The Morgan fingerprint density at radius 2 is 1.52 bits per heavy atom. The molecule has 0 bridgehead atoms. The van der Waals surface area contributed by atoms with Gasteiger partial charge in [0.15, 0.2) is 0 Å². The molecule has 9 heteroatoms. The quantitative estimate of drug-likeness (QED) is 0.207. The summed E-state index contributed by atoms with van der Waals surface area (Å²) in [6.07, 6.45) is 0.993. The molecule has 0 aliphatic heterocycles. The summed E-state index contributed by atoms with van der Waals surface area (Å²) in [6.45, 7) is 3.96. The number of benzene rings is 4. The van der Waals surface area contributed by atoms with Crippen LogP contribution in [0.2, 0.25) is 0 Å². The smallest absolute Gasteiger partial charge is 0.264 e. The number of nitrogens with one attached hydrogen (secondary N) is 1. The van der Waals surface area contributed by atoms with Gasteiger partial charge < -0.3 is 15.0 Å². The first-order chi connectivity index (χ1) is 21.2. The van der Waals surface area contributed by atoms with Crippen LogP contribution in [0.5, 0.6) is 5.75 Å². The number of sulfonamides is 1. The van der Waals surface area contributed by atoms with E-state index in [9.17, 15) is 18.0 Å². The molecular weight excluding hydrogens is 574 g/mol. The number of amides is 2. The average Bonchev–Trinajstić information content (AvgIpc) is 3.05. The zero-order chi connectivity index (χ0) is 31.5. The summed E-state index contributed by atoms with van der Waals surface area (Å²) in [6, 6.07) is 30.9. The van der Waals surface area contributed by atoms with E-state index in [0.717, 1.165) is 27.4 Å². The summed E-state index contributed by atoms with van der Waals surface area (Å²) in [7, 11) is -2.68. The molecule has 0 fully saturated rings. The van der Waals surface area contributed by atoms with E-state index in [0.29, 0.717) is 12.3 Å². The number of hydrogen-bond donors (Lipinski definition) is 1. The Kier molecular flexibility index (Phi) is 11.2. The van der Waals surface area contributed by atoms with Crippen molar-refractivity contribution in [1.82, 2.24) is 10.2 Å². The van der Waals surface area contributed by atoms with Crippen LogP contribution >= 0.6 is 0 Å². The average molecular weight is 614 g/mol. The first kappa shape index (κ1) is 32.3. The zero-order valence-electron chi connectivity index (χ0n) is 25.3. The lowest BCUT2D eigenvalue weighted by molar-refractivity contribution is -0.140. The minimum Gasteiger partial charge on any atom is -0.497 e. The van der Waals surface area contributed by atoms with E-state index in [2.05, 4.69) is 5.32 Å². The van der Waals surface area contributed by atoms with Crippen LogP contribution in [0, 0.1) is 6.92 Å². The van der Waals surface area contributed by atoms with Crippen molar-refractivity contribution in [2.45, 2.75) is 44.2 Å². The molecule has 44 heavy (non-hydrogen) atoms. The van der Waals surface area contributed by atoms with Crippen LogP contribution in [0.3, 0.4) is 0 Å². The number of methoxy groups -OCH3 is 1. The van der Waals surface area contributed by atoms with Crippen LogP contribution in [0.1, 0.15) is 30.0 Å². The molecule has 0 saturated carbocycles. The first-order valence-corrected chi connectivity index (χ1v) is 16.1. The normalized spacial score (nSPS) is 11.8. The van der Waals surface area contributed by atoms with Gasteiger partial charge in [0, 0.05) is 25.6 Å². The topological polar surface area (TPSA) is 96.0 Å². The lowest BCUT2D eigenvalue weighted by Gasteiger charge is -2.34. The van der Waals surface area contributed by atoms with E-state index >= 15 is 0 Å². The number of rotatable bonds is 14. The van der Waals surface area contributed by atoms with Gasteiger partial charge in [0.1, 0.15) is 18.3 Å². The van der Waals surface area contributed by atoms with E-state index < -0.39 is 28.5 Å². The van der Waals surface area contributed by atoms with E-state index in [-0.39, 0.29) is 29.5 Å².